The fraction of sp³-hybridized carbons (Fsp3) is 0.800. The first-order valence-corrected chi connectivity index (χ1v) is 4.64. The first-order valence-electron chi connectivity index (χ1n) is 4.64. The molecule has 6 aliphatic carbocycles. The zero-order valence-corrected chi connectivity index (χ0v) is 6.28. The van der Waals surface area contributed by atoms with Gasteiger partial charge in [0.2, 0.25) is 0 Å². The van der Waals surface area contributed by atoms with E-state index in [2.05, 4.69) is 12.3 Å². The molecule has 0 bridgehead atoms. The third-order valence-corrected chi connectivity index (χ3v) is 5.98. The van der Waals surface area contributed by atoms with Crippen LogP contribution in [-0.2, 0) is 9.30 Å². The average molecular weight is 158 g/mol. The molecule has 2 heteroatoms. The topological polar surface area (TPSA) is 39.8 Å². The second-order valence-corrected chi connectivity index (χ2v) is 5.22. The van der Waals surface area contributed by atoms with Crippen molar-refractivity contribution in [3.63, 3.8) is 0 Å². The van der Waals surface area contributed by atoms with Crippen molar-refractivity contribution in [3.05, 3.63) is 0 Å². The molecule has 0 N–H and O–H groups in total. The van der Waals surface area contributed by atoms with Crippen molar-refractivity contribution in [2.24, 2.45) is 46.3 Å². The van der Waals surface area contributed by atoms with Gasteiger partial charge < -0.3 is 0 Å². The molecule has 0 aromatic heterocycles. The van der Waals surface area contributed by atoms with E-state index in [0.717, 1.165) is 0 Å². The van der Waals surface area contributed by atoms with Gasteiger partial charge in [0.1, 0.15) is 0 Å². The number of hydrogen-bond acceptors (Lipinski definition) is 0. The van der Waals surface area contributed by atoms with Crippen LogP contribution < -0.4 is 0 Å². The Balaban J connectivity index is 1.78. The van der Waals surface area contributed by atoms with Crippen molar-refractivity contribution in [2.45, 2.75) is 0 Å². The van der Waals surface area contributed by atoms with E-state index in [1.54, 1.807) is 0 Å². The van der Waals surface area contributed by atoms with Crippen LogP contribution in [0.3, 0.4) is 0 Å². The zero-order chi connectivity index (χ0) is 7.88. The van der Waals surface area contributed by atoms with Crippen molar-refractivity contribution in [3.8, 4) is 12.3 Å². The summed E-state index contributed by atoms with van der Waals surface area (Å²) >= 11 is 0. The van der Waals surface area contributed by atoms with Gasteiger partial charge in [-0.3, -0.25) is 0 Å². The Morgan fingerprint density at radius 3 is 1.08 bits per heavy atom. The molecule has 0 aromatic carbocycles. The maximum atomic E-state index is 10.8. The molecule has 0 aliphatic heterocycles. The molecule has 6 aliphatic rings. The summed E-state index contributed by atoms with van der Waals surface area (Å²) in [6.45, 7) is 0. The summed E-state index contributed by atoms with van der Waals surface area (Å²) in [6.07, 6.45) is 4.51. The molecule has 6 rings (SSSR count). The van der Waals surface area contributed by atoms with Crippen molar-refractivity contribution >= 4 is 0 Å². The molecule has 12 heavy (non-hydrogen) atoms. The standard InChI is InChI=1S/C10H6O2/c11-1-9-3-6-4(9)8-5(9)7(3)10(6,8)2-12/h3-8H/q+2. The first kappa shape index (κ1) is 5.26. The summed E-state index contributed by atoms with van der Waals surface area (Å²) in [4.78, 5) is 0. The van der Waals surface area contributed by atoms with Crippen LogP contribution in [0.25, 0.3) is 0 Å². The molecule has 6 saturated carbocycles. The Labute approximate surface area is 68.8 Å². The normalized spacial score (nSPS) is 86.8. The Bertz CT molecular complexity index is 340. The summed E-state index contributed by atoms with van der Waals surface area (Å²) in [5.74, 6) is 3.48. The molecule has 56 valence electrons. The van der Waals surface area contributed by atoms with Gasteiger partial charge in [-0.15, -0.1) is 0 Å². The Morgan fingerprint density at radius 2 is 0.917 bits per heavy atom. The van der Waals surface area contributed by atoms with Gasteiger partial charge in [-0.2, -0.15) is 0 Å². The maximum absolute atomic E-state index is 10.8. The Kier molecular flexibility index (Phi) is 0.417. The fourth-order valence-corrected chi connectivity index (χ4v) is 5.94. The van der Waals surface area contributed by atoms with Gasteiger partial charge in [0.05, 0.1) is 0 Å². The molecule has 0 heterocycles. The second-order valence-electron chi connectivity index (χ2n) is 5.22. The zero-order valence-electron chi connectivity index (χ0n) is 6.28. The molecular weight excluding hydrogens is 152 g/mol. The van der Waals surface area contributed by atoms with E-state index in [9.17, 15) is 9.30 Å². The minimum absolute atomic E-state index is 0.00139. The van der Waals surface area contributed by atoms with Gasteiger partial charge in [-0.1, -0.05) is 0 Å². The van der Waals surface area contributed by atoms with E-state index in [-0.39, 0.29) is 10.8 Å². The van der Waals surface area contributed by atoms with Crippen LogP contribution >= 0.6 is 0 Å². The predicted molar refractivity (Wildman–Crippen MR) is 35.0 cm³/mol. The minimum atomic E-state index is -0.00139. The average Bonchev–Trinajstić information content (AvgIpc) is 2.17. The molecular formula is C10H6O2+2. The molecule has 0 unspecified atom stereocenters. The van der Waals surface area contributed by atoms with Crippen LogP contribution in [0.4, 0.5) is 0 Å². The SMILES string of the molecule is [O+]#CC12C3C4C1C1C2C3C41C#[O+]. The van der Waals surface area contributed by atoms with Gasteiger partial charge in [-0.05, 0) is 0 Å². The van der Waals surface area contributed by atoms with Gasteiger partial charge in [0.25, 0.3) is 0 Å². The van der Waals surface area contributed by atoms with E-state index in [0.29, 0.717) is 35.5 Å². The molecule has 0 spiro atoms. The molecule has 0 atom stereocenters. The van der Waals surface area contributed by atoms with Crippen molar-refractivity contribution < 1.29 is 9.30 Å². The van der Waals surface area contributed by atoms with Gasteiger partial charge in [0.15, 0.2) is 0 Å². The summed E-state index contributed by atoms with van der Waals surface area (Å²) < 4.78 is 21.5. The quantitative estimate of drug-likeness (QED) is 0.461. The molecule has 0 radical (unpaired) electrons. The fourth-order valence-electron chi connectivity index (χ4n) is 5.94. The van der Waals surface area contributed by atoms with Crippen LogP contribution in [0.15, 0.2) is 0 Å². The van der Waals surface area contributed by atoms with Gasteiger partial charge in [0, 0.05) is 0 Å². The van der Waals surface area contributed by atoms with Crippen molar-refractivity contribution in [1.29, 1.82) is 0 Å². The van der Waals surface area contributed by atoms with Gasteiger partial charge in [-0.25, -0.2) is 0 Å². The Morgan fingerprint density at radius 1 is 0.667 bits per heavy atom. The van der Waals surface area contributed by atoms with E-state index < -0.39 is 0 Å². The summed E-state index contributed by atoms with van der Waals surface area (Å²) in [5, 5.41) is 0. The van der Waals surface area contributed by atoms with Crippen molar-refractivity contribution in [1.82, 2.24) is 0 Å². The van der Waals surface area contributed by atoms with Crippen molar-refractivity contribution in [2.75, 3.05) is 0 Å². The van der Waals surface area contributed by atoms with Crippen LogP contribution in [0.5, 0.6) is 0 Å². The van der Waals surface area contributed by atoms with Crippen LogP contribution in [0.1, 0.15) is 0 Å². The van der Waals surface area contributed by atoms with E-state index in [4.69, 9.17) is 0 Å². The van der Waals surface area contributed by atoms with Crippen LogP contribution in [-0.4, -0.2) is 0 Å². The van der Waals surface area contributed by atoms with Gasteiger partial charge >= 0.3 is 67.9 Å². The third kappa shape index (κ3) is 0.159. The molecule has 0 saturated heterocycles. The summed E-state index contributed by atoms with van der Waals surface area (Å²) in [5.41, 5.74) is -0.00278. The molecule has 6 fully saturated rings. The monoisotopic (exact) mass is 158 g/mol. The second kappa shape index (κ2) is 0.950. The molecule has 0 aromatic rings. The third-order valence-electron chi connectivity index (χ3n) is 5.98. The number of rotatable bonds is 0. The van der Waals surface area contributed by atoms with E-state index in [1.807, 2.05) is 0 Å². The first-order chi connectivity index (χ1) is 5.85. The summed E-state index contributed by atoms with van der Waals surface area (Å²) in [6, 6.07) is 0. The molecule has 2 nitrogen and oxygen atoms in total. The number of hydrogen-bond donors (Lipinski definition) is 0. The van der Waals surface area contributed by atoms with E-state index >= 15 is 0 Å². The Hall–Kier alpha value is -0.520. The van der Waals surface area contributed by atoms with E-state index in [1.165, 1.54) is 0 Å². The van der Waals surface area contributed by atoms with Crippen LogP contribution in [0.2, 0.25) is 0 Å². The van der Waals surface area contributed by atoms with Crippen LogP contribution in [0, 0.1) is 58.6 Å². The predicted octanol–water partition coefficient (Wildman–Crippen LogP) is 0.504. The summed E-state index contributed by atoms with van der Waals surface area (Å²) in [7, 11) is 0. The molecule has 0 amide bonds.